The standard InChI is InChI=1S/C13H18BrNO4/c1-17-10-7-12(19-3)11(18-2)6-9(10)8-15-13(16)4-5-14/h6-7H,4-5,8H2,1-3H3,(H,15,16). The van der Waals surface area contributed by atoms with Crippen LogP contribution in [0.1, 0.15) is 12.0 Å². The first-order valence-corrected chi connectivity index (χ1v) is 6.90. The number of benzene rings is 1. The molecule has 106 valence electrons. The monoisotopic (exact) mass is 331 g/mol. The number of amides is 1. The molecule has 1 amide bonds. The van der Waals surface area contributed by atoms with Crippen molar-refractivity contribution in [3.63, 3.8) is 0 Å². The van der Waals surface area contributed by atoms with Crippen molar-refractivity contribution in [2.75, 3.05) is 26.7 Å². The molecule has 0 spiro atoms. The van der Waals surface area contributed by atoms with Gasteiger partial charge >= 0.3 is 0 Å². The first kappa shape index (κ1) is 15.6. The Labute approximate surface area is 121 Å². The number of carbonyl (C=O) groups excluding carboxylic acids is 1. The summed E-state index contributed by atoms with van der Waals surface area (Å²) in [6, 6.07) is 3.54. The summed E-state index contributed by atoms with van der Waals surface area (Å²) in [5.41, 5.74) is 0.836. The fourth-order valence-electron chi connectivity index (χ4n) is 1.60. The third-order valence-corrected chi connectivity index (χ3v) is 2.98. The third kappa shape index (κ3) is 4.31. The largest absolute Gasteiger partial charge is 0.496 e. The number of halogens is 1. The van der Waals surface area contributed by atoms with Crippen molar-refractivity contribution < 1.29 is 19.0 Å². The molecule has 0 saturated heterocycles. The molecule has 1 N–H and O–H groups in total. The summed E-state index contributed by atoms with van der Waals surface area (Å²) in [6.07, 6.45) is 0.440. The molecule has 1 rings (SSSR count). The minimum absolute atomic E-state index is 0.0197. The number of rotatable bonds is 7. The van der Waals surface area contributed by atoms with Crippen molar-refractivity contribution in [3.8, 4) is 17.2 Å². The molecule has 0 atom stereocenters. The number of hydrogen-bond donors (Lipinski definition) is 1. The molecule has 0 aliphatic rings. The van der Waals surface area contributed by atoms with Crippen LogP contribution in [0.5, 0.6) is 17.2 Å². The zero-order chi connectivity index (χ0) is 14.3. The molecule has 1 aromatic rings. The quantitative estimate of drug-likeness (QED) is 0.777. The van der Waals surface area contributed by atoms with Gasteiger partial charge in [0.2, 0.25) is 5.91 Å². The minimum atomic E-state index is -0.0197. The molecule has 0 aliphatic carbocycles. The van der Waals surface area contributed by atoms with Crippen LogP contribution in [0.15, 0.2) is 12.1 Å². The molecule has 0 unspecified atom stereocenters. The van der Waals surface area contributed by atoms with E-state index in [0.717, 1.165) is 5.56 Å². The molecule has 0 bridgehead atoms. The van der Waals surface area contributed by atoms with Crippen LogP contribution in [0.2, 0.25) is 0 Å². The lowest BCUT2D eigenvalue weighted by Gasteiger charge is -2.14. The molecule has 5 nitrogen and oxygen atoms in total. The third-order valence-electron chi connectivity index (χ3n) is 2.58. The van der Waals surface area contributed by atoms with Crippen molar-refractivity contribution >= 4 is 21.8 Å². The summed E-state index contributed by atoms with van der Waals surface area (Å²) < 4.78 is 15.7. The van der Waals surface area contributed by atoms with Crippen LogP contribution in [-0.4, -0.2) is 32.6 Å². The summed E-state index contributed by atoms with van der Waals surface area (Å²) >= 11 is 3.22. The van der Waals surface area contributed by atoms with Gasteiger partial charge in [0.1, 0.15) is 5.75 Å². The van der Waals surface area contributed by atoms with Crippen LogP contribution >= 0.6 is 15.9 Å². The van der Waals surface area contributed by atoms with Gasteiger partial charge in [-0.3, -0.25) is 4.79 Å². The van der Waals surface area contributed by atoms with Crippen LogP contribution in [0, 0.1) is 0 Å². The molecule has 0 fully saturated rings. The molecule has 0 saturated carbocycles. The predicted molar refractivity (Wildman–Crippen MR) is 76.4 cm³/mol. The lowest BCUT2D eigenvalue weighted by molar-refractivity contribution is -0.120. The van der Waals surface area contributed by atoms with Gasteiger partial charge in [-0.25, -0.2) is 0 Å². The van der Waals surface area contributed by atoms with E-state index in [9.17, 15) is 4.79 Å². The highest BCUT2D eigenvalue weighted by atomic mass is 79.9. The first-order chi connectivity index (χ1) is 9.15. The summed E-state index contributed by atoms with van der Waals surface area (Å²) in [6.45, 7) is 0.384. The van der Waals surface area contributed by atoms with Gasteiger partial charge in [0.15, 0.2) is 11.5 Å². The predicted octanol–water partition coefficient (Wildman–Crippen LogP) is 2.11. The Kier molecular flexibility index (Phi) is 6.49. The second-order valence-corrected chi connectivity index (χ2v) is 4.53. The van der Waals surface area contributed by atoms with Gasteiger partial charge in [0.25, 0.3) is 0 Å². The van der Waals surface area contributed by atoms with Gasteiger partial charge in [0.05, 0.1) is 21.3 Å². The Hall–Kier alpha value is -1.43. The maximum Gasteiger partial charge on any atom is 0.221 e. The van der Waals surface area contributed by atoms with Gasteiger partial charge in [-0.15, -0.1) is 0 Å². The smallest absolute Gasteiger partial charge is 0.221 e. The van der Waals surface area contributed by atoms with Crippen LogP contribution < -0.4 is 19.5 Å². The maximum absolute atomic E-state index is 11.5. The van der Waals surface area contributed by atoms with E-state index in [0.29, 0.717) is 35.5 Å². The highest BCUT2D eigenvalue weighted by Gasteiger charge is 2.12. The van der Waals surface area contributed by atoms with Crippen molar-refractivity contribution in [2.45, 2.75) is 13.0 Å². The summed E-state index contributed by atoms with van der Waals surface area (Å²) in [4.78, 5) is 11.5. The molecule has 0 heterocycles. The highest BCUT2D eigenvalue weighted by molar-refractivity contribution is 9.09. The van der Waals surface area contributed by atoms with Crippen LogP contribution in [-0.2, 0) is 11.3 Å². The molecule has 19 heavy (non-hydrogen) atoms. The summed E-state index contributed by atoms with van der Waals surface area (Å²) in [5.74, 6) is 1.83. The van der Waals surface area contributed by atoms with Crippen molar-refractivity contribution in [3.05, 3.63) is 17.7 Å². The Bertz CT molecular complexity index is 437. The number of nitrogens with one attached hydrogen (secondary N) is 1. The Morgan fingerprint density at radius 2 is 1.68 bits per heavy atom. The summed E-state index contributed by atoms with van der Waals surface area (Å²) in [5, 5.41) is 3.46. The number of carbonyl (C=O) groups is 1. The normalized spacial score (nSPS) is 9.89. The van der Waals surface area contributed by atoms with E-state index in [2.05, 4.69) is 21.2 Å². The molecule has 1 aromatic carbocycles. The van der Waals surface area contributed by atoms with Crippen LogP contribution in [0.25, 0.3) is 0 Å². The molecule has 0 radical (unpaired) electrons. The molecule has 6 heteroatoms. The fourth-order valence-corrected chi connectivity index (χ4v) is 1.96. The van der Waals surface area contributed by atoms with Crippen LogP contribution in [0.4, 0.5) is 0 Å². The van der Waals surface area contributed by atoms with Gasteiger partial charge in [0, 0.05) is 29.9 Å². The van der Waals surface area contributed by atoms with Crippen molar-refractivity contribution in [1.29, 1.82) is 0 Å². The fraction of sp³-hybridized carbons (Fsp3) is 0.462. The van der Waals surface area contributed by atoms with Gasteiger partial charge < -0.3 is 19.5 Å². The van der Waals surface area contributed by atoms with Crippen molar-refractivity contribution in [2.24, 2.45) is 0 Å². The Morgan fingerprint density at radius 3 is 2.21 bits per heavy atom. The Balaban J connectivity index is 2.89. The lowest BCUT2D eigenvalue weighted by Crippen LogP contribution is -2.23. The second kappa shape index (κ2) is 7.89. The SMILES string of the molecule is COc1cc(OC)c(OC)cc1CNC(=O)CCBr. The molecule has 0 aliphatic heterocycles. The van der Waals surface area contributed by atoms with Gasteiger partial charge in [-0.1, -0.05) is 15.9 Å². The van der Waals surface area contributed by atoms with E-state index >= 15 is 0 Å². The maximum atomic E-state index is 11.5. The van der Waals surface area contributed by atoms with Crippen molar-refractivity contribution in [1.82, 2.24) is 5.32 Å². The minimum Gasteiger partial charge on any atom is -0.496 e. The molecular formula is C13H18BrNO4. The average molecular weight is 332 g/mol. The number of hydrogen-bond acceptors (Lipinski definition) is 4. The van der Waals surface area contributed by atoms with E-state index in [1.54, 1.807) is 33.5 Å². The second-order valence-electron chi connectivity index (χ2n) is 3.73. The first-order valence-electron chi connectivity index (χ1n) is 5.77. The zero-order valence-corrected chi connectivity index (χ0v) is 12.9. The number of alkyl halides is 1. The van der Waals surface area contributed by atoms with E-state index in [1.807, 2.05) is 0 Å². The van der Waals surface area contributed by atoms with Gasteiger partial charge in [-0.2, -0.15) is 0 Å². The summed E-state index contributed by atoms with van der Waals surface area (Å²) in [7, 11) is 4.71. The molecular weight excluding hydrogens is 314 g/mol. The van der Waals surface area contributed by atoms with Gasteiger partial charge in [-0.05, 0) is 6.07 Å². The van der Waals surface area contributed by atoms with E-state index in [-0.39, 0.29) is 5.91 Å². The lowest BCUT2D eigenvalue weighted by atomic mass is 10.1. The zero-order valence-electron chi connectivity index (χ0n) is 11.3. The van der Waals surface area contributed by atoms with E-state index in [4.69, 9.17) is 14.2 Å². The van der Waals surface area contributed by atoms with E-state index in [1.165, 1.54) is 0 Å². The highest BCUT2D eigenvalue weighted by Crippen LogP contribution is 2.34. The topological polar surface area (TPSA) is 56.8 Å². The average Bonchev–Trinajstić information content (AvgIpc) is 2.44. The number of methoxy groups -OCH3 is 3. The van der Waals surface area contributed by atoms with E-state index < -0.39 is 0 Å². The Morgan fingerprint density at radius 1 is 1.11 bits per heavy atom. The molecule has 0 aromatic heterocycles. The van der Waals surface area contributed by atoms with Crippen LogP contribution in [0.3, 0.4) is 0 Å². The number of ether oxygens (including phenoxy) is 3.